The third-order valence-electron chi connectivity index (χ3n) is 6.42. The summed E-state index contributed by atoms with van der Waals surface area (Å²) in [5.41, 5.74) is 3.63. The maximum Gasteiger partial charge on any atom is 0.412 e. The number of allylic oxidation sites excluding steroid dienone is 1. The van der Waals surface area contributed by atoms with E-state index < -0.39 is 11.7 Å². The van der Waals surface area contributed by atoms with Crippen molar-refractivity contribution >= 4 is 11.0 Å². The van der Waals surface area contributed by atoms with Crippen LogP contribution in [0.15, 0.2) is 36.8 Å². The van der Waals surface area contributed by atoms with Crippen LogP contribution in [-0.2, 0) is 11.2 Å². The highest BCUT2D eigenvalue weighted by atomic mass is 19.4. The molecule has 33 heavy (non-hydrogen) atoms. The van der Waals surface area contributed by atoms with E-state index in [1.54, 1.807) is 6.20 Å². The molecule has 5 rings (SSSR count). The summed E-state index contributed by atoms with van der Waals surface area (Å²) in [4.78, 5) is 13.8. The molecule has 0 radical (unpaired) electrons. The summed E-state index contributed by atoms with van der Waals surface area (Å²) in [6, 6.07) is 2.44. The zero-order chi connectivity index (χ0) is 23.2. The highest BCUT2D eigenvalue weighted by Crippen LogP contribution is 2.40. The van der Waals surface area contributed by atoms with Gasteiger partial charge in [0, 0.05) is 41.7 Å². The maximum absolute atomic E-state index is 13.0. The molecule has 0 spiro atoms. The number of alkyl halides is 3. The predicted molar refractivity (Wildman–Crippen MR) is 117 cm³/mol. The van der Waals surface area contributed by atoms with Crippen molar-refractivity contribution in [3.63, 3.8) is 0 Å². The van der Waals surface area contributed by atoms with Crippen LogP contribution in [0.25, 0.3) is 11.0 Å². The molecule has 0 bridgehead atoms. The van der Waals surface area contributed by atoms with E-state index in [0.717, 1.165) is 29.8 Å². The molecular formula is C24H26F3N5O. The van der Waals surface area contributed by atoms with Gasteiger partial charge in [-0.25, -0.2) is 4.98 Å². The molecular weight excluding hydrogens is 431 g/mol. The Labute approximate surface area is 189 Å². The van der Waals surface area contributed by atoms with Gasteiger partial charge in [0.15, 0.2) is 0 Å². The number of aromatic nitrogens is 5. The van der Waals surface area contributed by atoms with E-state index in [1.165, 1.54) is 12.8 Å². The molecule has 6 nitrogen and oxygen atoms in total. The molecule has 1 aliphatic carbocycles. The fourth-order valence-electron chi connectivity index (χ4n) is 4.35. The van der Waals surface area contributed by atoms with E-state index in [0.29, 0.717) is 29.4 Å². The lowest BCUT2D eigenvalue weighted by molar-refractivity contribution is -0.0935. The van der Waals surface area contributed by atoms with Crippen molar-refractivity contribution in [3.05, 3.63) is 59.5 Å². The average Bonchev–Trinajstić information content (AvgIpc) is 3.52. The summed E-state index contributed by atoms with van der Waals surface area (Å²) in [5.74, 6) is 0.115. The quantitative estimate of drug-likeness (QED) is 0.454. The van der Waals surface area contributed by atoms with Crippen LogP contribution < -0.4 is 0 Å². The largest absolute Gasteiger partial charge is 0.412 e. The molecule has 3 aromatic heterocycles. The van der Waals surface area contributed by atoms with Gasteiger partial charge < -0.3 is 4.74 Å². The van der Waals surface area contributed by atoms with Gasteiger partial charge in [-0.05, 0) is 51.5 Å². The van der Waals surface area contributed by atoms with Crippen molar-refractivity contribution < 1.29 is 17.9 Å². The number of rotatable bonds is 6. The molecule has 0 amide bonds. The fraction of sp³-hybridized carbons (Fsp3) is 0.500. The Balaban J connectivity index is 1.42. The highest BCUT2D eigenvalue weighted by Gasteiger charge is 2.32. The molecule has 2 atom stereocenters. The van der Waals surface area contributed by atoms with Gasteiger partial charge in [-0.2, -0.15) is 18.3 Å². The summed E-state index contributed by atoms with van der Waals surface area (Å²) in [7, 11) is 0. The number of fused-ring (bicyclic) bond motifs is 1. The van der Waals surface area contributed by atoms with Crippen LogP contribution >= 0.6 is 0 Å². The monoisotopic (exact) mass is 457 g/mol. The second-order valence-corrected chi connectivity index (χ2v) is 9.04. The summed E-state index contributed by atoms with van der Waals surface area (Å²) in [6.07, 6.45) is 4.84. The fourth-order valence-corrected chi connectivity index (χ4v) is 4.35. The van der Waals surface area contributed by atoms with E-state index in [9.17, 15) is 13.2 Å². The Hall–Kier alpha value is -2.81. The molecule has 174 valence electrons. The zero-order valence-electron chi connectivity index (χ0n) is 18.5. The number of halogens is 3. The van der Waals surface area contributed by atoms with Crippen molar-refractivity contribution in [3.8, 4) is 0 Å². The van der Waals surface area contributed by atoms with Crippen LogP contribution in [-0.4, -0.2) is 37.5 Å². The second kappa shape index (κ2) is 8.52. The van der Waals surface area contributed by atoms with Crippen molar-refractivity contribution in [2.45, 2.75) is 69.7 Å². The number of nitrogens with zero attached hydrogens (tertiary/aromatic N) is 5. The number of ether oxygens (including phenoxy) is 1. The Morgan fingerprint density at radius 1 is 1.21 bits per heavy atom. The number of aryl methyl sites for hydroxylation is 2. The SMILES string of the molecule is C=C(CCc1nc([C@@H]2CCO[C@H](c3cnn(C4CC4)c3)C2)cc2nc(C)cnc12)C(F)(F)F. The van der Waals surface area contributed by atoms with Crippen LogP contribution in [0.3, 0.4) is 0 Å². The number of hydrogen-bond donors (Lipinski definition) is 0. The van der Waals surface area contributed by atoms with E-state index in [1.807, 2.05) is 23.9 Å². The van der Waals surface area contributed by atoms with Gasteiger partial charge in [-0.15, -0.1) is 0 Å². The van der Waals surface area contributed by atoms with Gasteiger partial charge in [0.05, 0.1) is 35.2 Å². The summed E-state index contributed by atoms with van der Waals surface area (Å²) >= 11 is 0. The molecule has 9 heteroatoms. The van der Waals surface area contributed by atoms with Crippen molar-refractivity contribution in [1.29, 1.82) is 0 Å². The Bertz CT molecular complexity index is 1180. The molecule has 0 aromatic carbocycles. The van der Waals surface area contributed by atoms with E-state index in [4.69, 9.17) is 9.72 Å². The Kier molecular flexibility index (Phi) is 5.68. The lowest BCUT2D eigenvalue weighted by Crippen LogP contribution is -2.20. The van der Waals surface area contributed by atoms with Gasteiger partial charge in [-0.1, -0.05) is 6.58 Å². The summed E-state index contributed by atoms with van der Waals surface area (Å²) in [5, 5.41) is 4.48. The number of pyridine rings is 1. The second-order valence-electron chi connectivity index (χ2n) is 9.04. The third-order valence-corrected chi connectivity index (χ3v) is 6.42. The lowest BCUT2D eigenvalue weighted by Gasteiger charge is -2.29. The molecule has 1 aliphatic heterocycles. The standard InChI is InChI=1S/C24H26F3N5O/c1-14(24(25,26)27)3-6-19-23-21(30-15(2)11-28-23)10-20(31-19)16-7-8-33-22(9-16)17-12-29-32(13-17)18-4-5-18/h10-13,16,18,22H,1,3-9H2,2H3/t16-,22+/m1/s1. The molecule has 0 N–H and O–H groups in total. The van der Waals surface area contributed by atoms with Crippen molar-refractivity contribution in [1.82, 2.24) is 24.7 Å². The first-order valence-electron chi connectivity index (χ1n) is 11.3. The van der Waals surface area contributed by atoms with Crippen LogP contribution in [0.4, 0.5) is 13.2 Å². The minimum Gasteiger partial charge on any atom is -0.373 e. The van der Waals surface area contributed by atoms with Crippen LogP contribution in [0, 0.1) is 6.92 Å². The normalized spacial score (nSPS) is 21.5. The average molecular weight is 458 g/mol. The predicted octanol–water partition coefficient (Wildman–Crippen LogP) is 5.55. The van der Waals surface area contributed by atoms with Gasteiger partial charge in [-0.3, -0.25) is 14.6 Å². The van der Waals surface area contributed by atoms with Crippen molar-refractivity contribution in [2.75, 3.05) is 6.61 Å². The van der Waals surface area contributed by atoms with Crippen LogP contribution in [0.1, 0.15) is 72.8 Å². The molecule has 1 saturated heterocycles. The van der Waals surface area contributed by atoms with Crippen LogP contribution in [0.2, 0.25) is 0 Å². The molecule has 2 aliphatic rings. The van der Waals surface area contributed by atoms with E-state index in [2.05, 4.69) is 27.8 Å². The topological polar surface area (TPSA) is 65.7 Å². The first-order valence-corrected chi connectivity index (χ1v) is 11.3. The molecule has 1 saturated carbocycles. The Morgan fingerprint density at radius 3 is 2.79 bits per heavy atom. The number of hydrogen-bond acceptors (Lipinski definition) is 5. The van der Waals surface area contributed by atoms with E-state index >= 15 is 0 Å². The molecule has 0 unspecified atom stereocenters. The molecule has 4 heterocycles. The van der Waals surface area contributed by atoms with Gasteiger partial charge in [0.25, 0.3) is 0 Å². The third kappa shape index (κ3) is 4.78. The lowest BCUT2D eigenvalue weighted by atomic mass is 9.89. The molecule has 2 fully saturated rings. The maximum atomic E-state index is 13.0. The highest BCUT2D eigenvalue weighted by molar-refractivity contribution is 5.77. The van der Waals surface area contributed by atoms with Crippen LogP contribution in [0.5, 0.6) is 0 Å². The summed E-state index contributed by atoms with van der Waals surface area (Å²) < 4.78 is 47.0. The first-order chi connectivity index (χ1) is 15.8. The summed E-state index contributed by atoms with van der Waals surface area (Å²) in [6.45, 7) is 5.63. The minimum atomic E-state index is -4.41. The smallest absolute Gasteiger partial charge is 0.373 e. The van der Waals surface area contributed by atoms with Crippen molar-refractivity contribution in [2.24, 2.45) is 0 Å². The minimum absolute atomic E-state index is 0.0780. The Morgan fingerprint density at radius 2 is 2.03 bits per heavy atom. The zero-order valence-corrected chi connectivity index (χ0v) is 18.5. The van der Waals surface area contributed by atoms with Gasteiger partial charge in [0.2, 0.25) is 0 Å². The van der Waals surface area contributed by atoms with Gasteiger partial charge in [0.1, 0.15) is 5.52 Å². The molecule has 3 aromatic rings. The van der Waals surface area contributed by atoms with Gasteiger partial charge >= 0.3 is 6.18 Å². The van der Waals surface area contributed by atoms with E-state index in [-0.39, 0.29) is 24.9 Å². The first kappa shape index (κ1) is 22.0.